The van der Waals surface area contributed by atoms with Gasteiger partial charge in [0.25, 0.3) is 0 Å². The van der Waals surface area contributed by atoms with Gasteiger partial charge in [-0.15, -0.1) is 0 Å². The lowest BCUT2D eigenvalue weighted by molar-refractivity contribution is 0.209. The third-order valence-electron chi connectivity index (χ3n) is 1.48. The van der Waals surface area contributed by atoms with E-state index in [1.54, 1.807) is 0 Å². The zero-order valence-corrected chi connectivity index (χ0v) is 5.92. The normalized spacial score (nSPS) is 20.0. The molecule has 0 spiro atoms. The highest BCUT2D eigenvalue weighted by atomic mass is 16.5. The molecule has 3 heteroatoms. The zero-order chi connectivity index (χ0) is 7.40. The quantitative estimate of drug-likeness (QED) is 0.584. The first-order valence-corrected chi connectivity index (χ1v) is 3.51. The molecule has 0 radical (unpaired) electrons. The van der Waals surface area contributed by atoms with Crippen molar-refractivity contribution in [3.05, 3.63) is 11.8 Å². The maximum atomic E-state index is 8.59. The number of aliphatic hydroxyl groups excluding tert-OH is 1. The molecular weight excluding hydrogens is 130 g/mol. The molecule has 1 heterocycles. The number of nitrogens with two attached hydrogens (primary N) is 1. The monoisotopic (exact) mass is 143 g/mol. The fourth-order valence-electron chi connectivity index (χ4n) is 0.934. The van der Waals surface area contributed by atoms with Gasteiger partial charge in [-0.2, -0.15) is 0 Å². The maximum absolute atomic E-state index is 8.59. The molecule has 0 fully saturated rings. The third-order valence-corrected chi connectivity index (χ3v) is 1.48. The van der Waals surface area contributed by atoms with E-state index in [0.717, 1.165) is 18.8 Å². The van der Waals surface area contributed by atoms with Crippen LogP contribution in [0.1, 0.15) is 12.8 Å². The van der Waals surface area contributed by atoms with E-state index < -0.39 is 0 Å². The summed E-state index contributed by atoms with van der Waals surface area (Å²) in [5.41, 5.74) is 5.48. The topological polar surface area (TPSA) is 55.5 Å². The lowest BCUT2D eigenvalue weighted by Gasteiger charge is -2.08. The second-order valence-electron chi connectivity index (χ2n) is 2.45. The van der Waals surface area contributed by atoms with E-state index in [4.69, 9.17) is 15.6 Å². The summed E-state index contributed by atoms with van der Waals surface area (Å²) in [4.78, 5) is 0. The van der Waals surface area contributed by atoms with Crippen LogP contribution in [0.3, 0.4) is 0 Å². The van der Waals surface area contributed by atoms with Crippen LogP contribution in [0, 0.1) is 0 Å². The highest BCUT2D eigenvalue weighted by Gasteiger charge is 2.09. The molecule has 1 unspecified atom stereocenters. The lowest BCUT2D eigenvalue weighted by atomic mass is 10.2. The van der Waals surface area contributed by atoms with Crippen molar-refractivity contribution in [2.24, 2.45) is 5.73 Å². The van der Waals surface area contributed by atoms with E-state index in [0.29, 0.717) is 6.42 Å². The molecule has 0 bridgehead atoms. The van der Waals surface area contributed by atoms with Crippen LogP contribution < -0.4 is 5.73 Å². The summed E-state index contributed by atoms with van der Waals surface area (Å²) in [6, 6.07) is -0.163. The van der Waals surface area contributed by atoms with Gasteiger partial charge in [0.1, 0.15) is 0 Å². The predicted octanol–water partition coefficient (Wildman–Crippen LogP) is 0.000300. The molecule has 0 aliphatic carbocycles. The van der Waals surface area contributed by atoms with Crippen molar-refractivity contribution in [1.82, 2.24) is 0 Å². The Hall–Kier alpha value is -0.540. The average molecular weight is 143 g/mol. The maximum Gasteiger partial charge on any atom is 0.0937 e. The van der Waals surface area contributed by atoms with Crippen molar-refractivity contribution in [2.75, 3.05) is 13.2 Å². The van der Waals surface area contributed by atoms with Crippen LogP contribution in [0.5, 0.6) is 0 Å². The number of hydrogen-bond donors (Lipinski definition) is 2. The van der Waals surface area contributed by atoms with Gasteiger partial charge in [-0.05, 0) is 6.08 Å². The van der Waals surface area contributed by atoms with Gasteiger partial charge < -0.3 is 15.6 Å². The Kier molecular flexibility index (Phi) is 2.71. The lowest BCUT2D eigenvalue weighted by Crippen LogP contribution is -2.24. The zero-order valence-electron chi connectivity index (χ0n) is 5.92. The molecular formula is C7H13NO2. The third kappa shape index (κ3) is 2.01. The summed E-state index contributed by atoms with van der Waals surface area (Å²) in [6.45, 7) is 0.800. The SMILES string of the molecule is NC(CO)CC1=CCCO1. The summed E-state index contributed by atoms with van der Waals surface area (Å²) in [6.07, 6.45) is 3.67. The molecule has 1 aliphatic rings. The minimum absolute atomic E-state index is 0.0285. The first-order valence-electron chi connectivity index (χ1n) is 3.51. The van der Waals surface area contributed by atoms with Gasteiger partial charge >= 0.3 is 0 Å². The smallest absolute Gasteiger partial charge is 0.0937 e. The van der Waals surface area contributed by atoms with Gasteiger partial charge in [0, 0.05) is 18.9 Å². The van der Waals surface area contributed by atoms with Crippen molar-refractivity contribution in [2.45, 2.75) is 18.9 Å². The van der Waals surface area contributed by atoms with Crippen LogP contribution in [-0.2, 0) is 4.74 Å². The standard InChI is InChI=1S/C7H13NO2/c8-6(5-9)4-7-2-1-3-10-7/h2,6,9H,1,3-5,8H2. The highest BCUT2D eigenvalue weighted by molar-refractivity contribution is 4.99. The minimum atomic E-state index is -0.163. The van der Waals surface area contributed by atoms with Crippen molar-refractivity contribution in [3.8, 4) is 0 Å². The fourth-order valence-corrected chi connectivity index (χ4v) is 0.934. The van der Waals surface area contributed by atoms with Crippen LogP contribution in [0.15, 0.2) is 11.8 Å². The molecule has 3 N–H and O–H groups in total. The summed E-state index contributed by atoms with van der Waals surface area (Å²) in [7, 11) is 0. The second kappa shape index (κ2) is 3.58. The molecule has 10 heavy (non-hydrogen) atoms. The van der Waals surface area contributed by atoms with Crippen LogP contribution in [0.25, 0.3) is 0 Å². The first kappa shape index (κ1) is 7.57. The molecule has 1 aliphatic heterocycles. The van der Waals surface area contributed by atoms with E-state index in [-0.39, 0.29) is 12.6 Å². The Morgan fingerprint density at radius 1 is 1.80 bits per heavy atom. The van der Waals surface area contributed by atoms with E-state index in [1.165, 1.54) is 0 Å². The molecule has 0 amide bonds. The first-order chi connectivity index (χ1) is 4.83. The summed E-state index contributed by atoms with van der Waals surface area (Å²) >= 11 is 0. The van der Waals surface area contributed by atoms with Crippen LogP contribution in [0.2, 0.25) is 0 Å². The number of ether oxygens (including phenoxy) is 1. The largest absolute Gasteiger partial charge is 0.498 e. The second-order valence-corrected chi connectivity index (χ2v) is 2.45. The Balaban J connectivity index is 2.23. The highest BCUT2D eigenvalue weighted by Crippen LogP contribution is 2.13. The molecule has 1 rings (SSSR count). The molecule has 0 aromatic rings. The molecule has 0 aromatic heterocycles. The van der Waals surface area contributed by atoms with Crippen molar-refractivity contribution in [3.63, 3.8) is 0 Å². The molecule has 0 saturated heterocycles. The Labute approximate surface area is 60.5 Å². The van der Waals surface area contributed by atoms with Gasteiger partial charge in [0.2, 0.25) is 0 Å². The summed E-state index contributed by atoms with van der Waals surface area (Å²) < 4.78 is 5.20. The molecule has 0 aromatic carbocycles. The van der Waals surface area contributed by atoms with Gasteiger partial charge in [-0.25, -0.2) is 0 Å². The predicted molar refractivity (Wildman–Crippen MR) is 38.3 cm³/mol. The van der Waals surface area contributed by atoms with Crippen molar-refractivity contribution < 1.29 is 9.84 Å². The fraction of sp³-hybridized carbons (Fsp3) is 0.714. The minimum Gasteiger partial charge on any atom is -0.498 e. The number of aliphatic hydroxyl groups is 1. The average Bonchev–Trinajstić information content (AvgIpc) is 2.40. The number of hydrogen-bond acceptors (Lipinski definition) is 3. The van der Waals surface area contributed by atoms with E-state index in [2.05, 4.69) is 0 Å². The van der Waals surface area contributed by atoms with Gasteiger partial charge in [0.05, 0.1) is 19.0 Å². The van der Waals surface area contributed by atoms with E-state index in [9.17, 15) is 0 Å². The van der Waals surface area contributed by atoms with E-state index in [1.807, 2.05) is 6.08 Å². The van der Waals surface area contributed by atoms with Gasteiger partial charge in [-0.1, -0.05) is 0 Å². The van der Waals surface area contributed by atoms with Crippen LogP contribution >= 0.6 is 0 Å². The molecule has 58 valence electrons. The van der Waals surface area contributed by atoms with E-state index >= 15 is 0 Å². The Bertz CT molecular complexity index is 134. The Morgan fingerprint density at radius 2 is 2.60 bits per heavy atom. The molecule has 0 saturated carbocycles. The van der Waals surface area contributed by atoms with Gasteiger partial charge in [-0.3, -0.25) is 0 Å². The number of rotatable bonds is 3. The molecule has 3 nitrogen and oxygen atoms in total. The van der Waals surface area contributed by atoms with Crippen LogP contribution in [-0.4, -0.2) is 24.4 Å². The van der Waals surface area contributed by atoms with Gasteiger partial charge in [0.15, 0.2) is 0 Å². The Morgan fingerprint density at radius 3 is 3.10 bits per heavy atom. The van der Waals surface area contributed by atoms with Crippen LogP contribution in [0.4, 0.5) is 0 Å². The van der Waals surface area contributed by atoms with Crippen molar-refractivity contribution in [1.29, 1.82) is 0 Å². The van der Waals surface area contributed by atoms with Crippen molar-refractivity contribution >= 4 is 0 Å². The summed E-state index contributed by atoms with van der Waals surface area (Å²) in [5.74, 6) is 0.932. The molecule has 1 atom stereocenters. The summed E-state index contributed by atoms with van der Waals surface area (Å²) in [5, 5.41) is 8.59.